The number of ether oxygens (including phenoxy) is 1. The second-order valence-electron chi connectivity index (χ2n) is 2.55. The zero-order valence-corrected chi connectivity index (χ0v) is 9.01. The molecular formula is C8H9BrF2N2O. The summed E-state index contributed by atoms with van der Waals surface area (Å²) in [5.74, 6) is 0.339. The van der Waals surface area contributed by atoms with Gasteiger partial charge in [-0.1, -0.05) is 15.9 Å². The Hall–Kier alpha value is -0.910. The standard InChI is InChI=1S/C8H9BrF2N2O/c1-14-7-4(12)2-5(8(10)11)13-6(7)3-9/h2,8H,3H2,1H3,(H2,12,13). The minimum atomic E-state index is -2.62. The molecule has 0 bridgehead atoms. The fourth-order valence-corrected chi connectivity index (χ4v) is 1.45. The number of pyridine rings is 1. The highest BCUT2D eigenvalue weighted by atomic mass is 79.9. The molecule has 0 aromatic carbocycles. The van der Waals surface area contributed by atoms with Crippen LogP contribution in [-0.4, -0.2) is 12.1 Å². The van der Waals surface area contributed by atoms with Gasteiger partial charge in [-0.05, 0) is 6.07 Å². The van der Waals surface area contributed by atoms with E-state index in [0.29, 0.717) is 16.8 Å². The summed E-state index contributed by atoms with van der Waals surface area (Å²) in [7, 11) is 1.42. The summed E-state index contributed by atoms with van der Waals surface area (Å²) in [6.07, 6.45) is -2.62. The summed E-state index contributed by atoms with van der Waals surface area (Å²) < 4.78 is 29.6. The third kappa shape index (κ3) is 2.12. The van der Waals surface area contributed by atoms with E-state index in [4.69, 9.17) is 10.5 Å². The maximum absolute atomic E-state index is 12.3. The molecule has 0 radical (unpaired) electrons. The van der Waals surface area contributed by atoms with Gasteiger partial charge in [0.2, 0.25) is 0 Å². The number of nitrogens with zero attached hydrogens (tertiary/aromatic N) is 1. The number of nitrogens with two attached hydrogens (primary N) is 1. The molecule has 2 N–H and O–H groups in total. The number of hydrogen-bond acceptors (Lipinski definition) is 3. The lowest BCUT2D eigenvalue weighted by Crippen LogP contribution is -2.02. The van der Waals surface area contributed by atoms with E-state index >= 15 is 0 Å². The van der Waals surface area contributed by atoms with Gasteiger partial charge in [0.25, 0.3) is 6.43 Å². The Bertz CT molecular complexity index is 333. The van der Waals surface area contributed by atoms with E-state index in [1.165, 1.54) is 7.11 Å². The summed E-state index contributed by atoms with van der Waals surface area (Å²) >= 11 is 3.12. The maximum Gasteiger partial charge on any atom is 0.280 e. The first kappa shape index (κ1) is 11.2. The number of anilines is 1. The number of rotatable bonds is 3. The van der Waals surface area contributed by atoms with Crippen LogP contribution in [0.1, 0.15) is 17.8 Å². The maximum atomic E-state index is 12.3. The van der Waals surface area contributed by atoms with E-state index < -0.39 is 6.43 Å². The van der Waals surface area contributed by atoms with E-state index in [2.05, 4.69) is 20.9 Å². The van der Waals surface area contributed by atoms with Crippen molar-refractivity contribution in [3.05, 3.63) is 17.5 Å². The molecule has 0 saturated heterocycles. The predicted molar refractivity (Wildman–Crippen MR) is 52.8 cm³/mol. The summed E-state index contributed by atoms with van der Waals surface area (Å²) in [5.41, 5.74) is 5.74. The first-order chi connectivity index (χ1) is 6.60. The Morgan fingerprint density at radius 3 is 2.71 bits per heavy atom. The lowest BCUT2D eigenvalue weighted by atomic mass is 10.2. The van der Waals surface area contributed by atoms with Gasteiger partial charge in [0, 0.05) is 5.33 Å². The van der Waals surface area contributed by atoms with Crippen molar-refractivity contribution < 1.29 is 13.5 Å². The van der Waals surface area contributed by atoms with Crippen LogP contribution in [0.2, 0.25) is 0 Å². The van der Waals surface area contributed by atoms with Crippen molar-refractivity contribution in [3.8, 4) is 5.75 Å². The summed E-state index contributed by atoms with van der Waals surface area (Å²) in [4.78, 5) is 3.72. The highest BCUT2D eigenvalue weighted by Crippen LogP contribution is 2.30. The molecule has 0 spiro atoms. The molecule has 14 heavy (non-hydrogen) atoms. The Morgan fingerprint density at radius 2 is 2.29 bits per heavy atom. The number of nitrogen functional groups attached to an aromatic ring is 1. The fourth-order valence-electron chi connectivity index (χ4n) is 1.07. The Morgan fingerprint density at radius 1 is 1.64 bits per heavy atom. The van der Waals surface area contributed by atoms with Gasteiger partial charge in [-0.3, -0.25) is 0 Å². The minimum absolute atomic E-state index is 0.173. The SMILES string of the molecule is COc1c(N)cc(C(F)F)nc1CBr. The molecule has 0 fully saturated rings. The molecule has 0 aliphatic heterocycles. The molecule has 1 aromatic heterocycles. The lowest BCUT2D eigenvalue weighted by Gasteiger charge is -2.10. The summed E-state index contributed by atoms with van der Waals surface area (Å²) in [5, 5.41) is 0.320. The molecule has 1 heterocycles. The molecule has 0 amide bonds. The minimum Gasteiger partial charge on any atom is -0.493 e. The molecule has 0 aliphatic carbocycles. The van der Waals surface area contributed by atoms with E-state index in [0.717, 1.165) is 6.07 Å². The van der Waals surface area contributed by atoms with Gasteiger partial charge < -0.3 is 10.5 Å². The third-order valence-corrected chi connectivity index (χ3v) is 2.18. The molecule has 0 aliphatic rings. The first-order valence-corrected chi connectivity index (χ1v) is 4.89. The van der Waals surface area contributed by atoms with Gasteiger partial charge in [-0.15, -0.1) is 0 Å². The van der Waals surface area contributed by atoms with Gasteiger partial charge in [-0.25, -0.2) is 13.8 Å². The molecule has 78 valence electrons. The first-order valence-electron chi connectivity index (χ1n) is 3.77. The molecule has 1 rings (SSSR count). The zero-order valence-electron chi connectivity index (χ0n) is 7.43. The van der Waals surface area contributed by atoms with Gasteiger partial charge in [-0.2, -0.15) is 0 Å². The molecule has 0 unspecified atom stereocenters. The van der Waals surface area contributed by atoms with Crippen LogP contribution in [0.4, 0.5) is 14.5 Å². The number of alkyl halides is 3. The van der Waals surface area contributed by atoms with E-state index in [1.54, 1.807) is 0 Å². The summed E-state index contributed by atoms with van der Waals surface area (Å²) in [6, 6.07) is 1.12. The molecule has 1 aromatic rings. The van der Waals surface area contributed by atoms with Crippen LogP contribution in [0.15, 0.2) is 6.07 Å². The third-order valence-electron chi connectivity index (χ3n) is 1.65. The molecule has 0 atom stereocenters. The molecule has 3 nitrogen and oxygen atoms in total. The Kier molecular flexibility index (Phi) is 3.62. The van der Waals surface area contributed by atoms with Gasteiger partial charge in [0.15, 0.2) is 5.75 Å². The second-order valence-corrected chi connectivity index (χ2v) is 3.11. The summed E-state index contributed by atoms with van der Waals surface area (Å²) in [6.45, 7) is 0. The van der Waals surface area contributed by atoms with Crippen LogP contribution in [0.3, 0.4) is 0 Å². The Balaban J connectivity index is 3.24. The lowest BCUT2D eigenvalue weighted by molar-refractivity contribution is 0.146. The van der Waals surface area contributed by atoms with Crippen molar-refractivity contribution in [2.75, 3.05) is 12.8 Å². The topological polar surface area (TPSA) is 48.1 Å². The number of halogens is 3. The smallest absolute Gasteiger partial charge is 0.280 e. The number of hydrogen-bond donors (Lipinski definition) is 1. The van der Waals surface area contributed by atoms with Crippen LogP contribution in [0.5, 0.6) is 5.75 Å². The van der Waals surface area contributed by atoms with Crippen LogP contribution in [0, 0.1) is 0 Å². The quantitative estimate of drug-likeness (QED) is 0.856. The van der Waals surface area contributed by atoms with Crippen LogP contribution in [-0.2, 0) is 5.33 Å². The largest absolute Gasteiger partial charge is 0.493 e. The van der Waals surface area contributed by atoms with Crippen LogP contribution < -0.4 is 10.5 Å². The number of methoxy groups -OCH3 is 1. The van der Waals surface area contributed by atoms with E-state index in [-0.39, 0.29) is 11.4 Å². The van der Waals surface area contributed by atoms with Gasteiger partial charge in [0.1, 0.15) is 5.69 Å². The average molecular weight is 267 g/mol. The van der Waals surface area contributed by atoms with Crippen molar-refractivity contribution in [2.24, 2.45) is 0 Å². The van der Waals surface area contributed by atoms with Crippen molar-refractivity contribution in [2.45, 2.75) is 11.8 Å². The fraction of sp³-hybridized carbons (Fsp3) is 0.375. The normalized spacial score (nSPS) is 10.6. The van der Waals surface area contributed by atoms with Gasteiger partial charge >= 0.3 is 0 Å². The molecule has 6 heteroatoms. The van der Waals surface area contributed by atoms with Crippen LogP contribution >= 0.6 is 15.9 Å². The zero-order chi connectivity index (χ0) is 10.7. The average Bonchev–Trinajstić information content (AvgIpc) is 2.16. The van der Waals surface area contributed by atoms with Crippen molar-refractivity contribution >= 4 is 21.6 Å². The number of aromatic nitrogens is 1. The highest BCUT2D eigenvalue weighted by Gasteiger charge is 2.15. The highest BCUT2D eigenvalue weighted by molar-refractivity contribution is 9.08. The monoisotopic (exact) mass is 266 g/mol. The predicted octanol–water partition coefficient (Wildman–Crippen LogP) is 2.50. The van der Waals surface area contributed by atoms with Crippen molar-refractivity contribution in [3.63, 3.8) is 0 Å². The van der Waals surface area contributed by atoms with Crippen molar-refractivity contribution in [1.29, 1.82) is 0 Å². The van der Waals surface area contributed by atoms with Gasteiger partial charge in [0.05, 0.1) is 18.5 Å². The van der Waals surface area contributed by atoms with Crippen molar-refractivity contribution in [1.82, 2.24) is 4.98 Å². The van der Waals surface area contributed by atoms with Crippen LogP contribution in [0.25, 0.3) is 0 Å². The molecule has 0 saturated carbocycles. The molecular weight excluding hydrogens is 258 g/mol. The van der Waals surface area contributed by atoms with E-state index in [9.17, 15) is 8.78 Å². The van der Waals surface area contributed by atoms with E-state index in [1.807, 2.05) is 0 Å². The second kappa shape index (κ2) is 4.54. The Labute approximate surface area is 88.4 Å².